The molecule has 1 saturated heterocycles. The first-order chi connectivity index (χ1) is 11.2. The third kappa shape index (κ3) is 2.43. The van der Waals surface area contributed by atoms with Crippen LogP contribution in [0.3, 0.4) is 0 Å². The molecule has 0 aromatic heterocycles. The first-order valence-corrected chi connectivity index (χ1v) is 8.74. The summed E-state index contributed by atoms with van der Waals surface area (Å²) in [5.74, 6) is 0.206. The Kier molecular flexibility index (Phi) is 3.60. The van der Waals surface area contributed by atoms with Gasteiger partial charge in [-0.1, -0.05) is 0 Å². The van der Waals surface area contributed by atoms with E-state index in [0.717, 1.165) is 18.4 Å². The molecule has 0 saturated carbocycles. The maximum absolute atomic E-state index is 12.3. The predicted octanol–water partition coefficient (Wildman–Crippen LogP) is 2.89. The molecule has 1 aromatic carbocycles. The van der Waals surface area contributed by atoms with Crippen molar-refractivity contribution in [3.63, 3.8) is 0 Å². The molecule has 1 amide bonds. The summed E-state index contributed by atoms with van der Waals surface area (Å²) < 4.78 is 5.49. The Hall–Kier alpha value is -1.88. The van der Waals surface area contributed by atoms with Crippen LogP contribution in [-0.2, 0) is 22.4 Å². The molecule has 4 rings (SSSR count). The number of ether oxygens (including phenoxy) is 1. The average Bonchev–Trinajstić information content (AvgIpc) is 2.81. The highest BCUT2D eigenvalue weighted by molar-refractivity contribution is 7.80. The van der Waals surface area contributed by atoms with E-state index in [1.807, 2.05) is 13.0 Å². The monoisotopic (exact) mass is 328 g/mol. The SMILES string of the molecule is CCN1C(=O)/C(=C\c2cc3c4c(c2)CCCN4CCC3)OC1=S. The lowest BCUT2D eigenvalue weighted by Crippen LogP contribution is -2.34. The maximum Gasteiger partial charge on any atom is 0.297 e. The van der Waals surface area contributed by atoms with Crippen LogP contribution in [0.25, 0.3) is 6.08 Å². The van der Waals surface area contributed by atoms with Gasteiger partial charge < -0.3 is 9.64 Å². The Bertz CT molecular complexity index is 695. The molecule has 1 aromatic rings. The minimum absolute atomic E-state index is 0.134. The fourth-order valence-electron chi connectivity index (χ4n) is 3.84. The van der Waals surface area contributed by atoms with Gasteiger partial charge in [-0.05, 0) is 79.7 Å². The zero-order chi connectivity index (χ0) is 16.0. The van der Waals surface area contributed by atoms with E-state index in [4.69, 9.17) is 17.0 Å². The number of hydrogen-bond donors (Lipinski definition) is 0. The number of hydrogen-bond acceptors (Lipinski definition) is 4. The number of nitrogens with zero attached hydrogens (tertiary/aromatic N) is 2. The number of aryl methyl sites for hydroxylation is 2. The van der Waals surface area contributed by atoms with Gasteiger partial charge in [-0.25, -0.2) is 0 Å². The average molecular weight is 328 g/mol. The summed E-state index contributed by atoms with van der Waals surface area (Å²) in [4.78, 5) is 16.3. The number of amides is 1. The smallest absolute Gasteiger partial charge is 0.297 e. The quantitative estimate of drug-likeness (QED) is 0.617. The fraction of sp³-hybridized carbons (Fsp3) is 0.444. The molecule has 120 valence electrons. The van der Waals surface area contributed by atoms with Gasteiger partial charge in [0.2, 0.25) is 0 Å². The first-order valence-electron chi connectivity index (χ1n) is 8.33. The van der Waals surface area contributed by atoms with Crippen molar-refractivity contribution in [1.82, 2.24) is 4.90 Å². The molecule has 23 heavy (non-hydrogen) atoms. The third-order valence-corrected chi connectivity index (χ3v) is 5.15. The van der Waals surface area contributed by atoms with Gasteiger partial charge >= 0.3 is 0 Å². The first kappa shape index (κ1) is 14.7. The molecule has 3 heterocycles. The molecule has 0 bridgehead atoms. The van der Waals surface area contributed by atoms with Gasteiger partial charge in [0.25, 0.3) is 11.1 Å². The van der Waals surface area contributed by atoms with Crippen molar-refractivity contribution in [2.75, 3.05) is 24.5 Å². The Morgan fingerprint density at radius 2 is 1.87 bits per heavy atom. The van der Waals surface area contributed by atoms with Crippen LogP contribution in [-0.4, -0.2) is 35.6 Å². The molecule has 0 radical (unpaired) electrons. The summed E-state index contributed by atoms with van der Waals surface area (Å²) in [6.07, 6.45) is 6.48. The number of thiocarbonyl (C=S) groups is 1. The van der Waals surface area contributed by atoms with Crippen LogP contribution in [0.4, 0.5) is 5.69 Å². The molecule has 3 aliphatic heterocycles. The van der Waals surface area contributed by atoms with E-state index in [1.165, 1.54) is 47.6 Å². The summed E-state index contributed by atoms with van der Waals surface area (Å²) in [6, 6.07) is 4.41. The van der Waals surface area contributed by atoms with Crippen LogP contribution in [0.15, 0.2) is 17.9 Å². The highest BCUT2D eigenvalue weighted by Gasteiger charge is 2.32. The zero-order valence-electron chi connectivity index (χ0n) is 13.3. The van der Waals surface area contributed by atoms with Gasteiger partial charge in [-0.2, -0.15) is 0 Å². The van der Waals surface area contributed by atoms with Crippen molar-refractivity contribution >= 4 is 35.1 Å². The second-order valence-corrected chi connectivity index (χ2v) is 6.66. The number of carbonyl (C=O) groups is 1. The molecule has 0 spiro atoms. The van der Waals surface area contributed by atoms with Crippen molar-refractivity contribution < 1.29 is 9.53 Å². The second-order valence-electron chi connectivity index (χ2n) is 6.31. The Labute approximate surface area is 141 Å². The molecular formula is C18H20N2O2S. The summed E-state index contributed by atoms with van der Waals surface area (Å²) in [6.45, 7) is 4.77. The highest BCUT2D eigenvalue weighted by Crippen LogP contribution is 2.36. The Morgan fingerprint density at radius 1 is 1.22 bits per heavy atom. The van der Waals surface area contributed by atoms with E-state index in [9.17, 15) is 4.79 Å². The number of anilines is 1. The van der Waals surface area contributed by atoms with E-state index in [-0.39, 0.29) is 11.1 Å². The lowest BCUT2D eigenvalue weighted by atomic mass is 9.90. The van der Waals surface area contributed by atoms with Crippen LogP contribution < -0.4 is 4.90 Å². The second kappa shape index (κ2) is 5.64. The lowest BCUT2D eigenvalue weighted by molar-refractivity contribution is -0.122. The normalized spacial score (nSPS) is 21.7. The fourth-order valence-corrected chi connectivity index (χ4v) is 4.14. The molecular weight excluding hydrogens is 308 g/mol. The Balaban J connectivity index is 1.72. The minimum atomic E-state index is -0.134. The number of likely N-dealkylation sites (N-methyl/N-ethyl adjacent to an activating group) is 1. The van der Waals surface area contributed by atoms with Gasteiger partial charge in [-0.3, -0.25) is 9.69 Å². The van der Waals surface area contributed by atoms with Crippen LogP contribution in [0.5, 0.6) is 0 Å². The minimum Gasteiger partial charge on any atom is -0.426 e. The van der Waals surface area contributed by atoms with E-state index in [2.05, 4.69) is 17.0 Å². The molecule has 0 aliphatic carbocycles. The van der Waals surface area contributed by atoms with Crippen molar-refractivity contribution in [3.8, 4) is 0 Å². The molecule has 0 atom stereocenters. The summed E-state index contributed by atoms with van der Waals surface area (Å²) in [7, 11) is 0. The van der Waals surface area contributed by atoms with E-state index >= 15 is 0 Å². The molecule has 5 heteroatoms. The van der Waals surface area contributed by atoms with Crippen molar-refractivity contribution in [1.29, 1.82) is 0 Å². The van der Waals surface area contributed by atoms with Gasteiger partial charge in [0.1, 0.15) is 0 Å². The predicted molar refractivity (Wildman–Crippen MR) is 94.3 cm³/mol. The summed E-state index contributed by atoms with van der Waals surface area (Å²) in [5, 5.41) is 0.259. The van der Waals surface area contributed by atoms with Crippen molar-refractivity contribution in [3.05, 3.63) is 34.6 Å². The lowest BCUT2D eigenvalue weighted by Gasteiger charge is -2.37. The topological polar surface area (TPSA) is 32.8 Å². The summed E-state index contributed by atoms with van der Waals surface area (Å²) in [5.41, 5.74) is 5.29. The van der Waals surface area contributed by atoms with E-state index in [1.54, 1.807) is 0 Å². The number of rotatable bonds is 2. The number of carbonyl (C=O) groups excluding carboxylic acids is 1. The molecule has 3 aliphatic rings. The number of benzene rings is 1. The van der Waals surface area contributed by atoms with Gasteiger partial charge in [0, 0.05) is 25.3 Å². The molecule has 0 N–H and O–H groups in total. The van der Waals surface area contributed by atoms with Crippen LogP contribution in [0.1, 0.15) is 36.5 Å². The maximum atomic E-state index is 12.3. The van der Waals surface area contributed by atoms with Crippen molar-refractivity contribution in [2.45, 2.75) is 32.6 Å². The molecule has 0 unspecified atom stereocenters. The van der Waals surface area contributed by atoms with Crippen LogP contribution in [0, 0.1) is 0 Å². The Morgan fingerprint density at radius 3 is 2.43 bits per heavy atom. The van der Waals surface area contributed by atoms with E-state index in [0.29, 0.717) is 12.3 Å². The van der Waals surface area contributed by atoms with Gasteiger partial charge in [-0.15, -0.1) is 0 Å². The largest absolute Gasteiger partial charge is 0.426 e. The van der Waals surface area contributed by atoms with Gasteiger partial charge in [0.15, 0.2) is 5.76 Å². The third-order valence-electron chi connectivity index (χ3n) is 4.84. The van der Waals surface area contributed by atoms with Crippen LogP contribution in [0.2, 0.25) is 0 Å². The highest BCUT2D eigenvalue weighted by atomic mass is 32.1. The standard InChI is InChI=1S/C18H20N2O2S/c1-2-20-17(21)15(22-18(20)23)11-12-9-13-5-3-7-19-8-4-6-14(10-12)16(13)19/h9-11H,2-8H2,1H3/b15-11+. The van der Waals surface area contributed by atoms with E-state index < -0.39 is 0 Å². The molecule has 1 fully saturated rings. The molecule has 4 nitrogen and oxygen atoms in total. The zero-order valence-corrected chi connectivity index (χ0v) is 14.1. The summed E-state index contributed by atoms with van der Waals surface area (Å²) >= 11 is 5.12. The van der Waals surface area contributed by atoms with Crippen LogP contribution >= 0.6 is 12.2 Å². The van der Waals surface area contributed by atoms with Gasteiger partial charge in [0.05, 0.1) is 0 Å². The van der Waals surface area contributed by atoms with Crippen molar-refractivity contribution in [2.24, 2.45) is 0 Å².